The van der Waals surface area contributed by atoms with Gasteiger partial charge >= 0.3 is 0 Å². The Morgan fingerprint density at radius 3 is 2.86 bits per heavy atom. The molecule has 8 heteroatoms. The maximum atomic E-state index is 6.69. The molecule has 2 aromatic heterocycles. The summed E-state index contributed by atoms with van der Waals surface area (Å²) in [5, 5.41) is 4.42. The van der Waals surface area contributed by atoms with Gasteiger partial charge in [0, 0.05) is 36.5 Å². The Hall–Kier alpha value is -2.64. The van der Waals surface area contributed by atoms with Gasteiger partial charge in [0.05, 0.1) is 17.6 Å². The molecular weight excluding hydrogens is 386 g/mol. The minimum atomic E-state index is -0.173. The number of benzene rings is 1. The number of likely N-dealkylation sites (tertiary alicyclic amines) is 1. The first kappa shape index (κ1) is 18.4. The molecule has 1 fully saturated rings. The topological polar surface area (TPSA) is 72.1 Å². The van der Waals surface area contributed by atoms with Crippen molar-refractivity contribution < 1.29 is 0 Å². The van der Waals surface area contributed by atoms with Crippen molar-refractivity contribution in [2.24, 2.45) is 4.99 Å². The normalized spacial score (nSPS) is 21.8. The van der Waals surface area contributed by atoms with Crippen molar-refractivity contribution in [3.63, 3.8) is 0 Å². The molecule has 2 aliphatic rings. The van der Waals surface area contributed by atoms with Crippen LogP contribution >= 0.6 is 11.6 Å². The SMILES string of the molecule is ClC1Cn2nc(-c3ccccc3)nc2N=C1CN1CCCC1Cc1ccncn1. The molecule has 0 saturated carbocycles. The van der Waals surface area contributed by atoms with Crippen LogP contribution in [0, 0.1) is 0 Å². The van der Waals surface area contributed by atoms with Crippen molar-refractivity contribution in [3.8, 4) is 11.4 Å². The molecule has 148 valence electrons. The van der Waals surface area contributed by atoms with E-state index in [0.717, 1.165) is 36.5 Å². The number of hydrogen-bond donors (Lipinski definition) is 0. The van der Waals surface area contributed by atoms with Gasteiger partial charge in [-0.3, -0.25) is 4.90 Å². The van der Waals surface area contributed by atoms with E-state index in [1.54, 1.807) is 12.5 Å². The first-order valence-electron chi connectivity index (χ1n) is 9.97. The van der Waals surface area contributed by atoms with Gasteiger partial charge in [-0.2, -0.15) is 4.98 Å². The van der Waals surface area contributed by atoms with Crippen molar-refractivity contribution >= 4 is 23.3 Å². The zero-order valence-corrected chi connectivity index (χ0v) is 16.8. The van der Waals surface area contributed by atoms with Gasteiger partial charge in [0.2, 0.25) is 5.95 Å². The molecule has 5 rings (SSSR count). The van der Waals surface area contributed by atoms with Gasteiger partial charge in [-0.05, 0) is 25.5 Å². The third kappa shape index (κ3) is 3.93. The predicted molar refractivity (Wildman–Crippen MR) is 113 cm³/mol. The first-order valence-corrected chi connectivity index (χ1v) is 10.4. The average Bonchev–Trinajstić information content (AvgIpc) is 3.36. The summed E-state index contributed by atoms with van der Waals surface area (Å²) < 4.78 is 1.81. The summed E-state index contributed by atoms with van der Waals surface area (Å²) in [5.74, 6) is 1.33. The third-order valence-corrected chi connectivity index (χ3v) is 5.96. The van der Waals surface area contributed by atoms with Gasteiger partial charge in [-0.15, -0.1) is 16.7 Å². The number of nitrogens with zero attached hydrogens (tertiary/aromatic N) is 7. The zero-order chi connectivity index (χ0) is 19.6. The molecular formula is C21H22ClN7. The molecule has 0 spiro atoms. The number of halogens is 1. The lowest BCUT2D eigenvalue weighted by molar-refractivity contribution is 0.284. The van der Waals surface area contributed by atoms with E-state index in [4.69, 9.17) is 16.6 Å². The van der Waals surface area contributed by atoms with Gasteiger partial charge < -0.3 is 0 Å². The van der Waals surface area contributed by atoms with Gasteiger partial charge in [0.1, 0.15) is 6.33 Å². The summed E-state index contributed by atoms with van der Waals surface area (Å²) in [7, 11) is 0. The average molecular weight is 408 g/mol. The lowest BCUT2D eigenvalue weighted by Crippen LogP contribution is -2.40. The smallest absolute Gasteiger partial charge is 0.248 e. The Morgan fingerprint density at radius 1 is 1.14 bits per heavy atom. The largest absolute Gasteiger partial charge is 0.294 e. The molecule has 0 aliphatic carbocycles. The summed E-state index contributed by atoms with van der Waals surface area (Å²) in [6.07, 6.45) is 6.70. The second-order valence-electron chi connectivity index (χ2n) is 7.53. The Labute approximate surface area is 174 Å². The minimum absolute atomic E-state index is 0.173. The third-order valence-electron chi connectivity index (χ3n) is 5.57. The van der Waals surface area contributed by atoms with Crippen molar-refractivity contribution in [1.82, 2.24) is 29.6 Å². The maximum Gasteiger partial charge on any atom is 0.248 e. The van der Waals surface area contributed by atoms with Crippen LogP contribution in [0.4, 0.5) is 5.95 Å². The van der Waals surface area contributed by atoms with Crippen LogP contribution in [0.25, 0.3) is 11.4 Å². The number of alkyl halides is 1. The highest BCUT2D eigenvalue weighted by Crippen LogP contribution is 2.26. The molecule has 7 nitrogen and oxygen atoms in total. The van der Waals surface area contributed by atoms with Crippen LogP contribution in [0.5, 0.6) is 0 Å². The highest BCUT2D eigenvalue weighted by molar-refractivity contribution is 6.32. The van der Waals surface area contributed by atoms with Crippen LogP contribution in [0.3, 0.4) is 0 Å². The molecule has 2 unspecified atom stereocenters. The Kier molecular flexibility index (Phi) is 5.08. The molecule has 0 radical (unpaired) electrons. The van der Waals surface area contributed by atoms with E-state index in [1.807, 2.05) is 41.1 Å². The fourth-order valence-electron chi connectivity index (χ4n) is 4.06. The number of rotatable bonds is 5. The lowest BCUT2D eigenvalue weighted by Gasteiger charge is -2.27. The van der Waals surface area contributed by atoms with Gasteiger partial charge in [0.25, 0.3) is 0 Å². The summed E-state index contributed by atoms with van der Waals surface area (Å²) in [6.45, 7) is 2.41. The van der Waals surface area contributed by atoms with Gasteiger partial charge in [-0.1, -0.05) is 30.3 Å². The van der Waals surface area contributed by atoms with Crippen LogP contribution in [0.1, 0.15) is 18.5 Å². The maximum absolute atomic E-state index is 6.69. The first-order chi connectivity index (χ1) is 14.3. The quantitative estimate of drug-likeness (QED) is 0.607. The number of fused-ring (bicyclic) bond motifs is 1. The summed E-state index contributed by atoms with van der Waals surface area (Å²) in [6, 6.07) is 12.4. The Balaban J connectivity index is 1.34. The van der Waals surface area contributed by atoms with Crippen LogP contribution < -0.4 is 0 Å². The van der Waals surface area contributed by atoms with Gasteiger partial charge in [0.15, 0.2) is 5.82 Å². The fraction of sp³-hybridized carbons (Fsp3) is 0.381. The summed E-state index contributed by atoms with van der Waals surface area (Å²) >= 11 is 6.69. The van der Waals surface area contributed by atoms with Crippen molar-refractivity contribution in [1.29, 1.82) is 0 Å². The molecule has 3 aromatic rings. The molecule has 1 saturated heterocycles. The molecule has 1 aromatic carbocycles. The highest BCUT2D eigenvalue weighted by atomic mass is 35.5. The molecule has 4 heterocycles. The summed E-state index contributed by atoms with van der Waals surface area (Å²) in [4.78, 5) is 20.3. The lowest BCUT2D eigenvalue weighted by atomic mass is 10.1. The van der Waals surface area contributed by atoms with E-state index in [1.165, 1.54) is 12.8 Å². The number of hydrogen-bond acceptors (Lipinski definition) is 6. The molecule has 29 heavy (non-hydrogen) atoms. The Bertz CT molecular complexity index is 1000. The van der Waals surface area contributed by atoms with Crippen LogP contribution in [-0.4, -0.2) is 59.9 Å². The molecule has 2 atom stereocenters. The summed E-state index contributed by atoms with van der Waals surface area (Å²) in [5.41, 5.74) is 3.04. The molecule has 0 amide bonds. The number of aliphatic imine (C=N–C) groups is 1. The van der Waals surface area contributed by atoms with E-state index in [9.17, 15) is 0 Å². The molecule has 0 bridgehead atoms. The van der Waals surface area contributed by atoms with Crippen molar-refractivity contribution in [2.75, 3.05) is 13.1 Å². The van der Waals surface area contributed by atoms with E-state index < -0.39 is 0 Å². The zero-order valence-electron chi connectivity index (χ0n) is 16.0. The molecule has 0 N–H and O–H groups in total. The monoisotopic (exact) mass is 407 g/mol. The minimum Gasteiger partial charge on any atom is -0.294 e. The standard InChI is InChI=1S/C21H22ClN7/c22-18-12-29-21(26-20(27-29)15-5-2-1-3-6-15)25-19(18)13-28-10-4-7-17(28)11-16-8-9-23-14-24-16/h1-3,5-6,8-9,14,17-18H,4,7,10-13H2. The van der Waals surface area contributed by atoms with E-state index >= 15 is 0 Å². The van der Waals surface area contributed by atoms with E-state index in [-0.39, 0.29) is 5.38 Å². The van der Waals surface area contributed by atoms with Crippen molar-refractivity contribution in [3.05, 3.63) is 54.6 Å². The van der Waals surface area contributed by atoms with Crippen LogP contribution in [-0.2, 0) is 13.0 Å². The Morgan fingerprint density at radius 2 is 2.03 bits per heavy atom. The second kappa shape index (κ2) is 8.00. The van der Waals surface area contributed by atoms with Crippen LogP contribution in [0.15, 0.2) is 53.9 Å². The van der Waals surface area contributed by atoms with Gasteiger partial charge in [-0.25, -0.2) is 19.6 Å². The fourth-order valence-corrected chi connectivity index (χ4v) is 4.31. The van der Waals surface area contributed by atoms with Crippen LogP contribution in [0.2, 0.25) is 0 Å². The van der Waals surface area contributed by atoms with Crippen molar-refractivity contribution in [2.45, 2.75) is 37.2 Å². The second-order valence-corrected chi connectivity index (χ2v) is 8.05. The number of aromatic nitrogens is 5. The van der Waals surface area contributed by atoms with E-state index in [2.05, 4.69) is 25.0 Å². The highest BCUT2D eigenvalue weighted by Gasteiger charge is 2.30. The predicted octanol–water partition coefficient (Wildman–Crippen LogP) is 3.14. The van der Waals surface area contributed by atoms with E-state index in [0.29, 0.717) is 24.4 Å². The molecule has 2 aliphatic heterocycles.